The Labute approximate surface area is 187 Å². The fourth-order valence-electron chi connectivity index (χ4n) is 3.12. The Bertz CT molecular complexity index is 1160. The van der Waals surface area contributed by atoms with Crippen LogP contribution in [0, 0.1) is 18.3 Å². The average molecular weight is 455 g/mol. The minimum Gasteiger partial charge on any atom is -0.360 e. The van der Waals surface area contributed by atoms with E-state index in [4.69, 9.17) is 9.93 Å². The fraction of sp³-hybridized carbons (Fsp3) is 0.261. The van der Waals surface area contributed by atoms with Crippen LogP contribution in [0.5, 0.6) is 0 Å². The number of sulfonamides is 1. The maximum Gasteiger partial charge on any atom is 0.265 e. The first-order chi connectivity index (χ1) is 15.3. The third kappa shape index (κ3) is 5.61. The molecule has 0 saturated carbocycles. The van der Waals surface area contributed by atoms with E-state index in [1.54, 1.807) is 61.5 Å². The number of carbonyl (C=O) groups is 1. The van der Waals surface area contributed by atoms with Crippen LogP contribution in [0.25, 0.3) is 0 Å². The molecule has 2 N–H and O–H groups in total. The van der Waals surface area contributed by atoms with Crippen molar-refractivity contribution in [3.63, 3.8) is 0 Å². The van der Waals surface area contributed by atoms with E-state index in [9.17, 15) is 13.2 Å². The Morgan fingerprint density at radius 3 is 2.47 bits per heavy atom. The van der Waals surface area contributed by atoms with E-state index < -0.39 is 10.0 Å². The molecule has 8 nitrogen and oxygen atoms in total. The van der Waals surface area contributed by atoms with Crippen molar-refractivity contribution in [1.29, 1.82) is 5.41 Å². The third-order valence-electron chi connectivity index (χ3n) is 5.12. The molecule has 9 heteroatoms. The number of carbonyl (C=O) groups excluding carboxylic acids is 1. The number of benzene rings is 2. The summed E-state index contributed by atoms with van der Waals surface area (Å²) in [6.07, 6.45) is 2.64. The standard InChI is InChI=1S/C23H26N4O4S/c1-17-14-22(26-31-17)27(2)32(29,30)21-12-10-18(11-13-21)8-9-19(15-24)16-25-23(28)20-6-4-3-5-7-20/h3-7,10-15,19,24H,8-9,16H2,1-2H3,(H,25,28). The molecule has 1 unspecified atom stereocenters. The van der Waals surface area contributed by atoms with Gasteiger partial charge in [-0.25, -0.2) is 8.42 Å². The number of aryl methyl sites for hydroxylation is 2. The summed E-state index contributed by atoms with van der Waals surface area (Å²) in [5, 5.41) is 14.3. The molecular weight excluding hydrogens is 428 g/mol. The maximum atomic E-state index is 12.8. The number of amides is 1. The molecule has 0 aliphatic heterocycles. The van der Waals surface area contributed by atoms with Crippen molar-refractivity contribution in [3.05, 3.63) is 77.6 Å². The normalized spacial score (nSPS) is 12.2. The molecule has 0 aliphatic carbocycles. The molecule has 1 aromatic heterocycles. The first kappa shape index (κ1) is 23.2. The zero-order chi connectivity index (χ0) is 23.1. The van der Waals surface area contributed by atoms with Crippen LogP contribution < -0.4 is 9.62 Å². The summed E-state index contributed by atoms with van der Waals surface area (Å²) in [5.74, 6) is 0.460. The zero-order valence-corrected chi connectivity index (χ0v) is 18.8. The number of rotatable bonds is 10. The van der Waals surface area contributed by atoms with E-state index in [1.807, 2.05) is 6.07 Å². The lowest BCUT2D eigenvalue weighted by atomic mass is 10.0. The maximum absolute atomic E-state index is 12.8. The molecule has 1 heterocycles. The van der Waals surface area contributed by atoms with E-state index in [-0.39, 0.29) is 22.5 Å². The summed E-state index contributed by atoms with van der Waals surface area (Å²) < 4.78 is 31.7. The summed E-state index contributed by atoms with van der Waals surface area (Å²) in [7, 11) is -2.32. The van der Waals surface area contributed by atoms with Crippen LogP contribution >= 0.6 is 0 Å². The molecule has 0 spiro atoms. The van der Waals surface area contributed by atoms with Gasteiger partial charge in [0.25, 0.3) is 15.9 Å². The van der Waals surface area contributed by atoms with Gasteiger partial charge in [-0.3, -0.25) is 9.10 Å². The quantitative estimate of drug-likeness (QED) is 0.455. The topological polar surface area (TPSA) is 116 Å². The molecule has 3 rings (SSSR count). The lowest BCUT2D eigenvalue weighted by Gasteiger charge is -2.16. The summed E-state index contributed by atoms with van der Waals surface area (Å²) in [5.41, 5.74) is 1.53. The second-order valence-corrected chi connectivity index (χ2v) is 9.42. The number of nitrogens with one attached hydrogen (secondary N) is 2. The van der Waals surface area contributed by atoms with E-state index in [0.717, 1.165) is 9.87 Å². The average Bonchev–Trinajstić information content (AvgIpc) is 3.25. The fourth-order valence-corrected chi connectivity index (χ4v) is 4.25. The summed E-state index contributed by atoms with van der Waals surface area (Å²) in [4.78, 5) is 12.3. The molecule has 168 valence electrons. The Kier molecular flexibility index (Phi) is 7.42. The minimum atomic E-state index is -3.75. The van der Waals surface area contributed by atoms with Crippen molar-refractivity contribution in [3.8, 4) is 0 Å². The third-order valence-corrected chi connectivity index (χ3v) is 6.90. The summed E-state index contributed by atoms with van der Waals surface area (Å²) in [6, 6.07) is 17.1. The van der Waals surface area contributed by atoms with Gasteiger partial charge in [0.15, 0.2) is 5.82 Å². The van der Waals surface area contributed by atoms with E-state index >= 15 is 0 Å². The van der Waals surface area contributed by atoms with Gasteiger partial charge in [0.2, 0.25) is 0 Å². The highest BCUT2D eigenvalue weighted by atomic mass is 32.2. The number of hydrogen-bond acceptors (Lipinski definition) is 6. The number of aromatic nitrogens is 1. The molecule has 0 aliphatic rings. The van der Waals surface area contributed by atoms with E-state index in [2.05, 4.69) is 10.5 Å². The van der Waals surface area contributed by atoms with Crippen molar-refractivity contribution >= 4 is 28.0 Å². The molecule has 0 fully saturated rings. The lowest BCUT2D eigenvalue weighted by Crippen LogP contribution is -2.30. The second-order valence-electron chi connectivity index (χ2n) is 7.45. The second kappa shape index (κ2) is 10.2. The predicted molar refractivity (Wildman–Crippen MR) is 123 cm³/mol. The molecule has 0 saturated heterocycles. The van der Waals surface area contributed by atoms with Crippen molar-refractivity contribution in [2.24, 2.45) is 5.92 Å². The molecular formula is C23H26N4O4S. The van der Waals surface area contributed by atoms with Crippen LogP contribution in [0.15, 0.2) is 70.1 Å². The minimum absolute atomic E-state index is 0.118. The lowest BCUT2D eigenvalue weighted by molar-refractivity contribution is 0.0950. The van der Waals surface area contributed by atoms with Gasteiger partial charge in [0.1, 0.15) is 5.76 Å². The van der Waals surface area contributed by atoms with Gasteiger partial charge < -0.3 is 15.2 Å². The van der Waals surface area contributed by atoms with Gasteiger partial charge in [-0.05, 0) is 49.6 Å². The highest BCUT2D eigenvalue weighted by Gasteiger charge is 2.23. The summed E-state index contributed by atoms with van der Waals surface area (Å²) in [6.45, 7) is 2.06. The van der Waals surface area contributed by atoms with Gasteiger partial charge >= 0.3 is 0 Å². The van der Waals surface area contributed by atoms with Gasteiger partial charge in [-0.2, -0.15) is 0 Å². The van der Waals surface area contributed by atoms with Crippen molar-refractivity contribution in [1.82, 2.24) is 10.5 Å². The molecule has 0 radical (unpaired) electrons. The monoisotopic (exact) mass is 454 g/mol. The van der Waals surface area contributed by atoms with Crippen LogP contribution in [0.3, 0.4) is 0 Å². The van der Waals surface area contributed by atoms with Crippen molar-refractivity contribution in [2.75, 3.05) is 17.9 Å². The van der Waals surface area contributed by atoms with Crippen molar-refractivity contribution in [2.45, 2.75) is 24.7 Å². The number of anilines is 1. The Hall–Kier alpha value is -3.46. The Morgan fingerprint density at radius 2 is 1.88 bits per heavy atom. The van der Waals surface area contributed by atoms with Gasteiger partial charge in [-0.1, -0.05) is 35.5 Å². The first-order valence-electron chi connectivity index (χ1n) is 10.2. The largest absolute Gasteiger partial charge is 0.360 e. The van der Waals surface area contributed by atoms with Gasteiger partial charge in [-0.15, -0.1) is 0 Å². The molecule has 3 aromatic rings. The Morgan fingerprint density at radius 1 is 1.19 bits per heavy atom. The van der Waals surface area contributed by atoms with Gasteiger partial charge in [0.05, 0.1) is 4.90 Å². The van der Waals surface area contributed by atoms with Crippen LogP contribution in [-0.2, 0) is 16.4 Å². The molecule has 0 bridgehead atoms. The summed E-state index contributed by atoms with van der Waals surface area (Å²) >= 11 is 0. The van der Waals surface area contributed by atoms with Crippen LogP contribution in [0.1, 0.15) is 28.1 Å². The number of hydrogen-bond donors (Lipinski definition) is 2. The zero-order valence-electron chi connectivity index (χ0n) is 18.0. The highest BCUT2D eigenvalue weighted by Crippen LogP contribution is 2.22. The van der Waals surface area contributed by atoms with Crippen molar-refractivity contribution < 1.29 is 17.7 Å². The predicted octanol–water partition coefficient (Wildman–Crippen LogP) is 3.44. The first-order valence-corrected chi connectivity index (χ1v) is 11.6. The highest BCUT2D eigenvalue weighted by molar-refractivity contribution is 7.92. The smallest absolute Gasteiger partial charge is 0.265 e. The Balaban J connectivity index is 1.56. The molecule has 1 amide bonds. The van der Waals surface area contributed by atoms with Crippen LogP contribution in [0.4, 0.5) is 5.82 Å². The number of nitrogens with zero attached hydrogens (tertiary/aromatic N) is 2. The van der Waals surface area contributed by atoms with Gasteiger partial charge in [0, 0.05) is 37.4 Å². The molecule has 32 heavy (non-hydrogen) atoms. The molecule has 2 aromatic carbocycles. The van der Waals surface area contributed by atoms with E-state index in [1.165, 1.54) is 13.3 Å². The molecule has 1 atom stereocenters. The van der Waals surface area contributed by atoms with E-state index in [0.29, 0.717) is 30.7 Å². The van der Waals surface area contributed by atoms with Crippen LogP contribution in [0.2, 0.25) is 0 Å². The van der Waals surface area contributed by atoms with Crippen LogP contribution in [-0.4, -0.2) is 39.3 Å². The SMILES string of the molecule is Cc1cc(N(C)S(=O)(=O)c2ccc(CCC(C=N)CNC(=O)c3ccccc3)cc2)no1.